The van der Waals surface area contributed by atoms with E-state index in [0.717, 1.165) is 16.2 Å². The number of aromatic nitrogens is 4. The lowest BCUT2D eigenvalue weighted by Gasteiger charge is -2.43. The minimum atomic E-state index is -3.04. The number of methoxy groups -OCH3 is 1. The van der Waals surface area contributed by atoms with Crippen LogP contribution in [0.5, 0.6) is 17.2 Å². The molecule has 0 aliphatic rings. The zero-order chi connectivity index (χ0) is 33.2. The van der Waals surface area contributed by atoms with Gasteiger partial charge in [0.2, 0.25) is 0 Å². The summed E-state index contributed by atoms with van der Waals surface area (Å²) in [5, 5.41) is 5.76. The molecule has 1 N–H and O–H groups in total. The summed E-state index contributed by atoms with van der Waals surface area (Å²) in [6.07, 6.45) is 4.97. The number of imidazole rings is 1. The van der Waals surface area contributed by atoms with E-state index in [1.807, 2.05) is 54.2 Å². The van der Waals surface area contributed by atoms with Crippen molar-refractivity contribution in [2.75, 3.05) is 12.4 Å². The van der Waals surface area contributed by atoms with Gasteiger partial charge < -0.3 is 23.8 Å². The highest BCUT2D eigenvalue weighted by atomic mass is 35.5. The van der Waals surface area contributed by atoms with Gasteiger partial charge in [0, 0.05) is 37.0 Å². The Morgan fingerprint density at radius 3 is 2.15 bits per heavy atom. The summed E-state index contributed by atoms with van der Waals surface area (Å²) in [5.41, 5.74) is 0.729. The molecule has 0 radical (unpaired) electrons. The van der Waals surface area contributed by atoms with Crippen LogP contribution in [-0.4, -0.2) is 34.9 Å². The molecule has 0 aliphatic heterocycles. The van der Waals surface area contributed by atoms with Crippen molar-refractivity contribution in [3.05, 3.63) is 120 Å². The van der Waals surface area contributed by atoms with Crippen LogP contribution < -0.4 is 29.6 Å². The van der Waals surface area contributed by atoms with Crippen molar-refractivity contribution in [2.24, 2.45) is 7.05 Å². The lowest BCUT2D eigenvalue weighted by Crippen LogP contribution is -2.68. The Labute approximate surface area is 279 Å². The third-order valence-corrected chi connectivity index (χ3v) is 13.4. The quantitative estimate of drug-likeness (QED) is 0.152. The monoisotopic (exact) mass is 667 g/mol. The maximum atomic E-state index is 15.6. The first-order valence-corrected chi connectivity index (χ1v) is 17.4. The number of rotatable bonds is 10. The number of benzene rings is 4. The predicted molar refractivity (Wildman–Crippen MR) is 187 cm³/mol. The van der Waals surface area contributed by atoms with Crippen LogP contribution in [0.4, 0.5) is 15.9 Å². The highest BCUT2D eigenvalue weighted by Crippen LogP contribution is 2.42. The number of nitrogens with zero attached hydrogens (tertiary/aromatic N) is 4. The fourth-order valence-corrected chi connectivity index (χ4v) is 10.4. The van der Waals surface area contributed by atoms with Crippen LogP contribution in [0.2, 0.25) is 10.1 Å². The molecule has 4 aromatic carbocycles. The second-order valence-electron chi connectivity index (χ2n) is 12.1. The lowest BCUT2D eigenvalue weighted by molar-refractivity contribution is 0.273. The van der Waals surface area contributed by atoms with E-state index in [0.29, 0.717) is 34.0 Å². The van der Waals surface area contributed by atoms with E-state index >= 15 is 4.39 Å². The Bertz CT molecular complexity index is 1980. The lowest BCUT2D eigenvalue weighted by atomic mass is 10.2. The molecule has 240 valence electrons. The number of hydrogen-bond donors (Lipinski definition) is 1. The highest BCUT2D eigenvalue weighted by Gasteiger charge is 2.52. The maximum absolute atomic E-state index is 15.6. The van der Waals surface area contributed by atoms with E-state index in [4.69, 9.17) is 25.5 Å². The third-order valence-electron chi connectivity index (χ3n) is 8.15. The zero-order valence-electron chi connectivity index (χ0n) is 26.8. The van der Waals surface area contributed by atoms with Crippen molar-refractivity contribution >= 4 is 52.7 Å². The van der Waals surface area contributed by atoms with Gasteiger partial charge in [-0.25, -0.2) is 19.3 Å². The van der Waals surface area contributed by atoms with Crippen molar-refractivity contribution in [3.8, 4) is 17.2 Å². The first kappa shape index (κ1) is 32.0. The fraction of sp³-hybridized carbons (Fsp3) is 0.194. The van der Waals surface area contributed by atoms with Crippen LogP contribution >= 0.6 is 11.6 Å². The van der Waals surface area contributed by atoms with Gasteiger partial charge >= 0.3 is 8.32 Å². The van der Waals surface area contributed by atoms with E-state index in [1.54, 1.807) is 31.5 Å². The van der Waals surface area contributed by atoms with Crippen LogP contribution in [0.25, 0.3) is 10.9 Å². The van der Waals surface area contributed by atoms with Gasteiger partial charge in [-0.1, -0.05) is 93.0 Å². The molecule has 2 heterocycles. The van der Waals surface area contributed by atoms with E-state index < -0.39 is 14.1 Å². The van der Waals surface area contributed by atoms with Gasteiger partial charge in [-0.15, -0.1) is 0 Å². The number of fused-ring (bicyclic) bond motifs is 1. The molecule has 6 aromatic rings. The van der Waals surface area contributed by atoms with Crippen LogP contribution in [-0.2, 0) is 13.7 Å². The van der Waals surface area contributed by atoms with Gasteiger partial charge in [-0.2, -0.15) is 0 Å². The number of nitrogens with one attached hydrogen (secondary N) is 1. The van der Waals surface area contributed by atoms with E-state index in [9.17, 15) is 0 Å². The molecule has 0 saturated heterocycles. The van der Waals surface area contributed by atoms with Crippen LogP contribution in [0.15, 0.2) is 104 Å². The molecule has 6 rings (SSSR count). The Morgan fingerprint density at radius 1 is 0.872 bits per heavy atom. The average Bonchev–Trinajstić information content (AvgIpc) is 3.48. The Balaban J connectivity index is 1.39. The molecule has 11 heteroatoms. The number of anilines is 2. The molecule has 0 aliphatic carbocycles. The van der Waals surface area contributed by atoms with Gasteiger partial charge in [-0.3, -0.25) is 0 Å². The average molecular weight is 668 g/mol. The second-order valence-corrected chi connectivity index (χ2v) is 16.8. The SMILES string of the molecule is COc1cc2c(Nc3cc(O[Si](c4ccccc4)(c4ccccc4)C(C)(C)C)c(Cl)cc3F)ncnc2cc1OCc1nccn1C. The molecule has 0 saturated carbocycles. The van der Waals surface area contributed by atoms with Crippen LogP contribution in [0, 0.1) is 5.82 Å². The summed E-state index contributed by atoms with van der Waals surface area (Å²) in [5.74, 6) is 1.90. The number of hydrogen-bond acceptors (Lipinski definition) is 7. The molecule has 47 heavy (non-hydrogen) atoms. The van der Waals surface area contributed by atoms with Gasteiger partial charge in [0.05, 0.1) is 23.3 Å². The fourth-order valence-electron chi connectivity index (χ4n) is 5.76. The summed E-state index contributed by atoms with van der Waals surface area (Å²) in [6.45, 7) is 6.76. The van der Waals surface area contributed by atoms with E-state index in [2.05, 4.69) is 65.3 Å². The molecule has 2 aromatic heterocycles. The van der Waals surface area contributed by atoms with Crippen molar-refractivity contribution in [2.45, 2.75) is 32.4 Å². The molecule has 0 amide bonds. The van der Waals surface area contributed by atoms with Crippen LogP contribution in [0.1, 0.15) is 26.6 Å². The Kier molecular flexibility index (Phi) is 8.89. The molecule has 0 fully saturated rings. The van der Waals surface area contributed by atoms with Crippen molar-refractivity contribution in [1.29, 1.82) is 0 Å². The standard InChI is InChI=1S/C36H35ClFN5O3Si/c1-36(2,3)47(24-12-8-6-9-13-24,25-14-10-7-11-15-25)46-31-21-30(28(38)19-27(31)37)42-35-26-18-32(44-5)33(20-29(26)40-23-41-35)45-22-34-39-16-17-43(34)4/h6-21,23H,22H2,1-5H3,(H,40,41,42). The summed E-state index contributed by atoms with van der Waals surface area (Å²) in [4.78, 5) is 13.2. The molecule has 0 atom stereocenters. The van der Waals surface area contributed by atoms with Gasteiger partial charge in [-0.05, 0) is 27.5 Å². The Hall–Kier alpha value is -4.93. The molecular formula is C36H35ClFN5O3Si. The van der Waals surface area contributed by atoms with Gasteiger partial charge in [0.15, 0.2) is 11.5 Å². The molecule has 0 unspecified atom stereocenters. The summed E-state index contributed by atoms with van der Waals surface area (Å²) < 4.78 is 36.3. The molecule has 8 nitrogen and oxygen atoms in total. The number of ether oxygens (including phenoxy) is 2. The van der Waals surface area contributed by atoms with Crippen molar-refractivity contribution in [1.82, 2.24) is 19.5 Å². The molecular weight excluding hydrogens is 633 g/mol. The normalized spacial score (nSPS) is 11.8. The molecule has 0 spiro atoms. The minimum Gasteiger partial charge on any atom is -0.533 e. The summed E-state index contributed by atoms with van der Waals surface area (Å²) in [7, 11) is 0.408. The number of halogens is 2. The molecule has 0 bridgehead atoms. The van der Waals surface area contributed by atoms with Crippen molar-refractivity contribution < 1.29 is 18.3 Å². The minimum absolute atomic E-state index is 0.149. The predicted octanol–water partition coefficient (Wildman–Crippen LogP) is 7.43. The van der Waals surface area contributed by atoms with Gasteiger partial charge in [0.25, 0.3) is 0 Å². The van der Waals surface area contributed by atoms with Crippen LogP contribution in [0.3, 0.4) is 0 Å². The third kappa shape index (κ3) is 6.26. The number of aryl methyl sites for hydroxylation is 1. The highest BCUT2D eigenvalue weighted by molar-refractivity contribution is 7.00. The topological polar surface area (TPSA) is 83.3 Å². The smallest absolute Gasteiger partial charge is 0.320 e. The first-order chi connectivity index (χ1) is 22.6. The summed E-state index contributed by atoms with van der Waals surface area (Å²) in [6, 6.07) is 26.8. The Morgan fingerprint density at radius 2 is 1.55 bits per heavy atom. The summed E-state index contributed by atoms with van der Waals surface area (Å²) >= 11 is 6.73. The van der Waals surface area contributed by atoms with E-state index in [1.165, 1.54) is 12.4 Å². The second kappa shape index (κ2) is 13.1. The zero-order valence-corrected chi connectivity index (χ0v) is 28.5. The maximum Gasteiger partial charge on any atom is 0.320 e. The largest absolute Gasteiger partial charge is 0.533 e. The van der Waals surface area contributed by atoms with E-state index in [-0.39, 0.29) is 22.4 Å². The first-order valence-electron chi connectivity index (χ1n) is 15.1. The van der Waals surface area contributed by atoms with Crippen molar-refractivity contribution in [3.63, 3.8) is 0 Å². The van der Waals surface area contributed by atoms with Gasteiger partial charge in [0.1, 0.15) is 36.1 Å².